The molecule has 0 spiro atoms. The lowest BCUT2D eigenvalue weighted by Gasteiger charge is -2.27. The lowest BCUT2D eigenvalue weighted by atomic mass is 10.1. The van der Waals surface area contributed by atoms with Crippen LogP contribution in [-0.2, 0) is 9.59 Å². The molecule has 0 unspecified atom stereocenters. The maximum Gasteiger partial charge on any atom is 0.305 e. The minimum absolute atomic E-state index is 0.0593. The van der Waals surface area contributed by atoms with E-state index in [4.69, 9.17) is 5.11 Å². The number of rotatable bonds is 4. The minimum Gasteiger partial charge on any atom is -0.481 e. The number of carbonyl (C=O) groups is 2. The number of hydrogen-bond donors (Lipinski definition) is 1. The molecule has 1 fully saturated rings. The van der Waals surface area contributed by atoms with Crippen LogP contribution in [0.3, 0.4) is 0 Å². The molecule has 0 aromatic heterocycles. The number of benzene rings is 1. The summed E-state index contributed by atoms with van der Waals surface area (Å²) in [6, 6.07) is 9.81. The van der Waals surface area contributed by atoms with E-state index in [1.165, 1.54) is 11.8 Å². The van der Waals surface area contributed by atoms with Crippen LogP contribution >= 0.6 is 11.8 Å². The van der Waals surface area contributed by atoms with Crippen molar-refractivity contribution in [3.63, 3.8) is 0 Å². The molecule has 0 aliphatic carbocycles. The number of thioether (sulfide) groups is 1. The molecule has 1 heterocycles. The molecule has 1 aromatic rings. The highest BCUT2D eigenvalue weighted by atomic mass is 32.2. The summed E-state index contributed by atoms with van der Waals surface area (Å²) in [5.41, 5.74) is 1.04. The number of nitrogens with zero attached hydrogens (tertiary/aromatic N) is 1. The molecular formula is C14H17NO3S. The summed E-state index contributed by atoms with van der Waals surface area (Å²) in [5.74, 6) is -1.00. The first-order chi connectivity index (χ1) is 9.00. The molecule has 1 saturated heterocycles. The van der Waals surface area contributed by atoms with Crippen molar-refractivity contribution in [2.24, 2.45) is 0 Å². The minimum atomic E-state index is -0.928. The van der Waals surface area contributed by atoms with Gasteiger partial charge in [0.15, 0.2) is 0 Å². The molecule has 2 rings (SSSR count). The zero-order valence-corrected chi connectivity index (χ0v) is 11.8. The molecule has 2 atom stereocenters. The molecule has 1 aliphatic heterocycles. The third kappa shape index (κ3) is 2.92. The predicted molar refractivity (Wildman–Crippen MR) is 74.8 cm³/mol. The fourth-order valence-electron chi connectivity index (χ4n) is 2.24. The third-order valence-electron chi connectivity index (χ3n) is 3.08. The summed E-state index contributed by atoms with van der Waals surface area (Å²) in [7, 11) is 0. The van der Waals surface area contributed by atoms with Gasteiger partial charge in [-0.2, -0.15) is 0 Å². The Morgan fingerprint density at radius 2 is 2.00 bits per heavy atom. The van der Waals surface area contributed by atoms with Crippen molar-refractivity contribution in [3.05, 3.63) is 35.9 Å². The second kappa shape index (κ2) is 5.65. The molecule has 0 saturated carbocycles. The van der Waals surface area contributed by atoms with Gasteiger partial charge in [0.1, 0.15) is 5.37 Å². The van der Waals surface area contributed by atoms with E-state index in [2.05, 4.69) is 0 Å². The molecule has 4 nitrogen and oxygen atoms in total. The Labute approximate surface area is 116 Å². The van der Waals surface area contributed by atoms with E-state index >= 15 is 0 Å². The highest BCUT2D eigenvalue weighted by Crippen LogP contribution is 2.45. The molecule has 1 aromatic carbocycles. The van der Waals surface area contributed by atoms with Crippen LogP contribution in [0.4, 0.5) is 0 Å². The average Bonchev–Trinajstić information content (AvgIpc) is 2.67. The molecule has 1 amide bonds. The summed E-state index contributed by atoms with van der Waals surface area (Å²) >= 11 is 1.43. The van der Waals surface area contributed by atoms with E-state index < -0.39 is 11.2 Å². The highest BCUT2D eigenvalue weighted by Gasteiger charge is 2.42. The van der Waals surface area contributed by atoms with Crippen LogP contribution in [-0.4, -0.2) is 33.2 Å². The Morgan fingerprint density at radius 3 is 2.53 bits per heavy atom. The quantitative estimate of drug-likeness (QED) is 0.920. The Morgan fingerprint density at radius 1 is 1.37 bits per heavy atom. The second-order valence-electron chi connectivity index (χ2n) is 4.82. The molecule has 1 N–H and O–H groups in total. The van der Waals surface area contributed by atoms with Crippen LogP contribution in [0, 0.1) is 0 Å². The fourth-order valence-corrected chi connectivity index (χ4v) is 3.82. The van der Waals surface area contributed by atoms with Crippen LogP contribution in [0.25, 0.3) is 0 Å². The zero-order chi connectivity index (χ0) is 14.0. The maximum absolute atomic E-state index is 12.3. The van der Waals surface area contributed by atoms with Gasteiger partial charge in [-0.3, -0.25) is 9.59 Å². The van der Waals surface area contributed by atoms with Crippen LogP contribution < -0.4 is 0 Å². The van der Waals surface area contributed by atoms with Gasteiger partial charge in [0.05, 0.1) is 11.7 Å². The number of aliphatic carboxylic acids is 1. The van der Waals surface area contributed by atoms with E-state index in [0.29, 0.717) is 0 Å². The van der Waals surface area contributed by atoms with Gasteiger partial charge in [0, 0.05) is 6.04 Å². The molecule has 1 aliphatic rings. The SMILES string of the molecule is CC(C)N1C(=O)[C@H](CC(=O)O)S[C@H]1c1ccccc1. The van der Waals surface area contributed by atoms with Crippen molar-refractivity contribution in [1.29, 1.82) is 0 Å². The van der Waals surface area contributed by atoms with Crippen LogP contribution in [0.5, 0.6) is 0 Å². The summed E-state index contributed by atoms with van der Waals surface area (Å²) in [6.07, 6.45) is -0.115. The molecule has 0 bridgehead atoms. The third-order valence-corrected chi connectivity index (χ3v) is 4.53. The van der Waals surface area contributed by atoms with Crippen LogP contribution in [0.15, 0.2) is 30.3 Å². The van der Waals surface area contributed by atoms with Crippen molar-refractivity contribution in [2.75, 3.05) is 0 Å². The van der Waals surface area contributed by atoms with Gasteiger partial charge in [-0.1, -0.05) is 30.3 Å². The second-order valence-corrected chi connectivity index (χ2v) is 6.11. The van der Waals surface area contributed by atoms with Crippen LogP contribution in [0.1, 0.15) is 31.2 Å². The van der Waals surface area contributed by atoms with Gasteiger partial charge in [-0.05, 0) is 19.4 Å². The lowest BCUT2D eigenvalue weighted by Crippen LogP contribution is -2.37. The van der Waals surface area contributed by atoms with E-state index in [0.717, 1.165) is 5.56 Å². The largest absolute Gasteiger partial charge is 0.481 e. The van der Waals surface area contributed by atoms with Crippen molar-refractivity contribution in [1.82, 2.24) is 4.90 Å². The number of carbonyl (C=O) groups excluding carboxylic acids is 1. The van der Waals surface area contributed by atoms with E-state index in [-0.39, 0.29) is 23.7 Å². The topological polar surface area (TPSA) is 57.6 Å². The first-order valence-corrected chi connectivity index (χ1v) is 7.19. The Hall–Kier alpha value is -1.49. The first-order valence-electron chi connectivity index (χ1n) is 6.25. The zero-order valence-electron chi connectivity index (χ0n) is 10.9. The number of carboxylic acids is 1. The summed E-state index contributed by atoms with van der Waals surface area (Å²) in [4.78, 5) is 24.9. The van der Waals surface area contributed by atoms with E-state index in [1.807, 2.05) is 44.2 Å². The molecule has 0 radical (unpaired) electrons. The number of carboxylic acid groups (broad SMARTS) is 1. The van der Waals surface area contributed by atoms with Crippen molar-refractivity contribution >= 4 is 23.6 Å². The smallest absolute Gasteiger partial charge is 0.305 e. The van der Waals surface area contributed by atoms with Gasteiger partial charge in [-0.25, -0.2) is 0 Å². The van der Waals surface area contributed by atoms with Crippen molar-refractivity contribution < 1.29 is 14.7 Å². The van der Waals surface area contributed by atoms with Gasteiger partial charge in [0.25, 0.3) is 0 Å². The van der Waals surface area contributed by atoms with Crippen molar-refractivity contribution in [3.8, 4) is 0 Å². The average molecular weight is 279 g/mol. The first kappa shape index (κ1) is 13.9. The molecule has 102 valence electrons. The van der Waals surface area contributed by atoms with Crippen molar-refractivity contribution in [2.45, 2.75) is 36.9 Å². The molecular weight excluding hydrogens is 262 g/mol. The van der Waals surface area contributed by atoms with Crippen LogP contribution in [0.2, 0.25) is 0 Å². The molecule has 5 heteroatoms. The van der Waals surface area contributed by atoms with Gasteiger partial charge in [0.2, 0.25) is 5.91 Å². The predicted octanol–water partition coefficient (Wildman–Crippen LogP) is 2.51. The Bertz CT molecular complexity index is 475. The van der Waals surface area contributed by atoms with Gasteiger partial charge in [-0.15, -0.1) is 11.8 Å². The normalized spacial score (nSPS) is 23.1. The maximum atomic E-state index is 12.3. The number of amides is 1. The number of hydrogen-bond acceptors (Lipinski definition) is 3. The Kier molecular flexibility index (Phi) is 4.14. The van der Waals surface area contributed by atoms with E-state index in [1.54, 1.807) is 4.90 Å². The summed E-state index contributed by atoms with van der Waals surface area (Å²) in [6.45, 7) is 3.91. The highest BCUT2D eigenvalue weighted by molar-refractivity contribution is 8.01. The Balaban J connectivity index is 2.27. The molecule has 19 heavy (non-hydrogen) atoms. The summed E-state index contributed by atoms with van der Waals surface area (Å²) in [5, 5.41) is 8.32. The van der Waals surface area contributed by atoms with Gasteiger partial charge < -0.3 is 10.0 Å². The monoisotopic (exact) mass is 279 g/mol. The lowest BCUT2D eigenvalue weighted by molar-refractivity contribution is -0.140. The summed E-state index contributed by atoms with van der Waals surface area (Å²) < 4.78 is 0. The van der Waals surface area contributed by atoms with E-state index in [9.17, 15) is 9.59 Å². The van der Waals surface area contributed by atoms with Gasteiger partial charge >= 0.3 is 5.97 Å². The fraction of sp³-hybridized carbons (Fsp3) is 0.429. The standard InChI is InChI=1S/C14H17NO3S/c1-9(2)15-13(18)11(8-12(16)17)19-14(15)10-6-4-3-5-7-10/h3-7,9,11,14H,8H2,1-2H3,(H,16,17)/t11-,14-/m0/s1.